The predicted molar refractivity (Wildman–Crippen MR) is 106 cm³/mol. The zero-order valence-corrected chi connectivity index (χ0v) is 14.8. The number of hydrogen-bond acceptors (Lipinski definition) is 1. The first kappa shape index (κ1) is 17.4. The molecule has 1 nitrogen and oxygen atoms in total. The normalized spacial score (nSPS) is 16.8. The van der Waals surface area contributed by atoms with E-state index < -0.39 is 0 Å². The molecule has 0 saturated heterocycles. The van der Waals surface area contributed by atoms with Gasteiger partial charge in [-0.3, -0.25) is 4.79 Å². The third-order valence-electron chi connectivity index (χ3n) is 4.29. The molecule has 2 heteroatoms. The number of ketones is 1. The summed E-state index contributed by atoms with van der Waals surface area (Å²) >= 11 is 5.88. The standard InChI is InChI=1S/C23H21ClO/c24-22-14-12-21(13-15-22)17-23(25)16-20-10-8-19(9-11-20)7-6-18-4-2-1-3-5-18/h1-10,12-15,20H,11,16-17H2. The second kappa shape index (κ2) is 8.64. The third kappa shape index (κ3) is 5.58. The summed E-state index contributed by atoms with van der Waals surface area (Å²) in [6.07, 6.45) is 12.7. The summed E-state index contributed by atoms with van der Waals surface area (Å²) in [6, 6.07) is 17.8. The van der Waals surface area contributed by atoms with Crippen LogP contribution in [0.1, 0.15) is 24.0 Å². The lowest BCUT2D eigenvalue weighted by Crippen LogP contribution is -2.10. The molecule has 0 radical (unpaired) electrons. The Balaban J connectivity index is 1.49. The van der Waals surface area contributed by atoms with Gasteiger partial charge in [0.1, 0.15) is 5.78 Å². The Morgan fingerprint density at radius 1 is 1.04 bits per heavy atom. The van der Waals surface area contributed by atoms with Gasteiger partial charge in [0, 0.05) is 17.9 Å². The Hall–Kier alpha value is -2.38. The number of halogens is 1. The van der Waals surface area contributed by atoms with E-state index in [4.69, 9.17) is 11.6 Å². The predicted octanol–water partition coefficient (Wildman–Crippen LogP) is 6.06. The van der Waals surface area contributed by atoms with Crippen LogP contribution in [0.5, 0.6) is 0 Å². The van der Waals surface area contributed by atoms with Crippen molar-refractivity contribution in [1.82, 2.24) is 0 Å². The first-order valence-corrected chi connectivity index (χ1v) is 8.94. The maximum absolute atomic E-state index is 12.3. The van der Waals surface area contributed by atoms with E-state index in [-0.39, 0.29) is 5.78 Å². The third-order valence-corrected chi connectivity index (χ3v) is 4.54. The van der Waals surface area contributed by atoms with Crippen molar-refractivity contribution < 1.29 is 4.79 Å². The smallest absolute Gasteiger partial charge is 0.137 e. The van der Waals surface area contributed by atoms with Crippen LogP contribution < -0.4 is 0 Å². The average molecular weight is 349 g/mol. The van der Waals surface area contributed by atoms with E-state index >= 15 is 0 Å². The molecule has 0 aromatic heterocycles. The first-order chi connectivity index (χ1) is 12.2. The van der Waals surface area contributed by atoms with Crippen LogP contribution in [0.4, 0.5) is 0 Å². The van der Waals surface area contributed by atoms with Gasteiger partial charge in [0.2, 0.25) is 0 Å². The number of hydrogen-bond donors (Lipinski definition) is 0. The van der Waals surface area contributed by atoms with Crippen molar-refractivity contribution in [2.75, 3.05) is 0 Å². The van der Waals surface area contributed by atoms with E-state index in [9.17, 15) is 4.79 Å². The summed E-state index contributed by atoms with van der Waals surface area (Å²) in [7, 11) is 0. The number of benzene rings is 2. The molecule has 0 amide bonds. The highest BCUT2D eigenvalue weighted by Crippen LogP contribution is 2.22. The minimum absolute atomic E-state index is 0.272. The lowest BCUT2D eigenvalue weighted by atomic mass is 9.90. The zero-order chi connectivity index (χ0) is 17.5. The molecule has 0 aliphatic heterocycles. The van der Waals surface area contributed by atoms with Crippen LogP contribution in [-0.4, -0.2) is 5.78 Å². The van der Waals surface area contributed by atoms with Crippen LogP contribution in [0, 0.1) is 5.92 Å². The summed E-state index contributed by atoms with van der Waals surface area (Å²) in [6.45, 7) is 0. The lowest BCUT2D eigenvalue weighted by molar-refractivity contribution is -0.119. The second-order valence-corrected chi connectivity index (χ2v) is 6.79. The van der Waals surface area contributed by atoms with Gasteiger partial charge in [0.05, 0.1) is 0 Å². The fourth-order valence-electron chi connectivity index (χ4n) is 2.91. The Morgan fingerprint density at radius 3 is 2.48 bits per heavy atom. The maximum Gasteiger partial charge on any atom is 0.137 e. The Kier molecular flexibility index (Phi) is 6.03. The number of carbonyl (C=O) groups excluding carboxylic acids is 1. The van der Waals surface area contributed by atoms with Crippen LogP contribution in [-0.2, 0) is 11.2 Å². The second-order valence-electron chi connectivity index (χ2n) is 6.35. The van der Waals surface area contributed by atoms with Gasteiger partial charge >= 0.3 is 0 Å². The molecule has 126 valence electrons. The zero-order valence-electron chi connectivity index (χ0n) is 14.1. The van der Waals surface area contributed by atoms with Crippen molar-refractivity contribution in [3.05, 3.63) is 101 Å². The van der Waals surface area contributed by atoms with Gasteiger partial charge in [-0.05, 0) is 41.2 Å². The fraction of sp³-hybridized carbons (Fsp3) is 0.174. The molecule has 0 fully saturated rings. The van der Waals surface area contributed by atoms with E-state index in [1.165, 1.54) is 11.1 Å². The van der Waals surface area contributed by atoms with Crippen molar-refractivity contribution in [2.24, 2.45) is 5.92 Å². The Bertz CT molecular complexity index is 798. The van der Waals surface area contributed by atoms with Gasteiger partial charge in [-0.2, -0.15) is 0 Å². The molecule has 1 atom stereocenters. The number of rotatable bonds is 6. The first-order valence-electron chi connectivity index (χ1n) is 8.57. The molecule has 0 bridgehead atoms. The molecule has 0 N–H and O–H groups in total. The van der Waals surface area contributed by atoms with Crippen LogP contribution in [0.25, 0.3) is 6.08 Å². The van der Waals surface area contributed by atoms with E-state index in [0.29, 0.717) is 23.8 Å². The molecule has 2 aromatic carbocycles. The SMILES string of the molecule is O=C(Cc1ccc(Cl)cc1)CC1C=CC(C=Cc2ccccc2)=CC1. The summed E-state index contributed by atoms with van der Waals surface area (Å²) in [4.78, 5) is 12.3. The van der Waals surface area contributed by atoms with Gasteiger partial charge in [-0.1, -0.05) is 84.4 Å². The van der Waals surface area contributed by atoms with Gasteiger partial charge < -0.3 is 0 Å². The lowest BCUT2D eigenvalue weighted by Gasteiger charge is -2.14. The van der Waals surface area contributed by atoms with Gasteiger partial charge in [0.25, 0.3) is 0 Å². The molecule has 1 aliphatic rings. The molecule has 0 spiro atoms. The highest BCUT2D eigenvalue weighted by molar-refractivity contribution is 6.30. The quantitative estimate of drug-likeness (QED) is 0.620. The minimum atomic E-state index is 0.272. The van der Waals surface area contributed by atoms with Crippen molar-refractivity contribution >= 4 is 23.5 Å². The summed E-state index contributed by atoms with van der Waals surface area (Å²) in [5.41, 5.74) is 3.42. The average Bonchev–Trinajstić information content (AvgIpc) is 2.64. The molecule has 1 aliphatic carbocycles. The van der Waals surface area contributed by atoms with Crippen molar-refractivity contribution in [2.45, 2.75) is 19.3 Å². The van der Waals surface area contributed by atoms with Gasteiger partial charge in [-0.25, -0.2) is 0 Å². The number of carbonyl (C=O) groups is 1. The molecular formula is C23H21ClO. The molecule has 1 unspecified atom stereocenters. The fourth-order valence-corrected chi connectivity index (χ4v) is 3.03. The molecule has 0 saturated carbocycles. The van der Waals surface area contributed by atoms with E-state index in [2.05, 4.69) is 42.5 Å². The van der Waals surface area contributed by atoms with Crippen molar-refractivity contribution in [1.29, 1.82) is 0 Å². The largest absolute Gasteiger partial charge is 0.299 e. The molecule has 0 heterocycles. The van der Waals surface area contributed by atoms with Crippen LogP contribution in [0.15, 0.2) is 84.5 Å². The topological polar surface area (TPSA) is 17.1 Å². The maximum atomic E-state index is 12.3. The van der Waals surface area contributed by atoms with Crippen molar-refractivity contribution in [3.8, 4) is 0 Å². The summed E-state index contributed by atoms with van der Waals surface area (Å²) in [5, 5.41) is 0.702. The molecule has 25 heavy (non-hydrogen) atoms. The van der Waals surface area contributed by atoms with Crippen LogP contribution in [0.3, 0.4) is 0 Å². The number of allylic oxidation sites excluding steroid dienone is 5. The van der Waals surface area contributed by atoms with Crippen LogP contribution >= 0.6 is 11.6 Å². The monoisotopic (exact) mass is 348 g/mol. The molecular weight excluding hydrogens is 328 g/mol. The van der Waals surface area contributed by atoms with Crippen molar-refractivity contribution in [3.63, 3.8) is 0 Å². The van der Waals surface area contributed by atoms with Gasteiger partial charge in [0.15, 0.2) is 0 Å². The summed E-state index contributed by atoms with van der Waals surface area (Å²) in [5.74, 6) is 0.572. The number of Topliss-reactive ketones (excluding diaryl/α,β-unsaturated/α-hetero) is 1. The molecule has 3 rings (SSSR count). The van der Waals surface area contributed by atoms with Crippen LogP contribution in [0.2, 0.25) is 5.02 Å². The van der Waals surface area contributed by atoms with E-state index in [0.717, 1.165) is 12.0 Å². The van der Waals surface area contributed by atoms with E-state index in [1.807, 2.05) is 42.5 Å². The minimum Gasteiger partial charge on any atom is -0.299 e. The van der Waals surface area contributed by atoms with Gasteiger partial charge in [-0.15, -0.1) is 0 Å². The highest BCUT2D eigenvalue weighted by Gasteiger charge is 2.13. The molecule has 2 aromatic rings. The van der Waals surface area contributed by atoms with E-state index in [1.54, 1.807) is 0 Å². The Labute approximate surface area is 154 Å². The summed E-state index contributed by atoms with van der Waals surface area (Å²) < 4.78 is 0. The highest BCUT2D eigenvalue weighted by atomic mass is 35.5. The Morgan fingerprint density at radius 2 is 1.80 bits per heavy atom.